The van der Waals surface area contributed by atoms with E-state index >= 15 is 0 Å². The number of benzene rings is 4. The molecule has 0 heterocycles. The van der Waals surface area contributed by atoms with Gasteiger partial charge in [-0.2, -0.15) is 0 Å². The fourth-order valence-electron chi connectivity index (χ4n) is 8.84. The summed E-state index contributed by atoms with van der Waals surface area (Å²) in [7, 11) is 0. The highest BCUT2D eigenvalue weighted by molar-refractivity contribution is 9.10. The highest BCUT2D eigenvalue weighted by Gasteiger charge is 2.42. The number of rotatable bonds is 18. The van der Waals surface area contributed by atoms with Gasteiger partial charge < -0.3 is 0 Å². The largest absolute Gasteiger partial charge is 0.0588 e. The van der Waals surface area contributed by atoms with Gasteiger partial charge in [0.05, 0.1) is 0 Å². The van der Waals surface area contributed by atoms with E-state index in [2.05, 4.69) is 105 Å². The lowest BCUT2D eigenvalue weighted by atomic mass is 9.70. The van der Waals surface area contributed by atoms with Crippen molar-refractivity contribution in [1.29, 1.82) is 0 Å². The fraction of sp³-hybridized carbons (Fsp3) is 0.467. The van der Waals surface area contributed by atoms with Crippen molar-refractivity contribution in [3.05, 3.63) is 126 Å². The first kappa shape index (κ1) is 33.3. The maximum atomic E-state index is 3.86. The van der Waals surface area contributed by atoms with Crippen LogP contribution in [0.2, 0.25) is 0 Å². The van der Waals surface area contributed by atoms with Crippen molar-refractivity contribution in [2.75, 3.05) is 0 Å². The third-order valence-corrected chi connectivity index (χ3v) is 12.8. The highest BCUT2D eigenvalue weighted by Crippen LogP contribution is 2.55. The molecule has 0 N–H and O–H groups in total. The van der Waals surface area contributed by atoms with E-state index in [0.717, 1.165) is 0 Å². The molecule has 47 heavy (non-hydrogen) atoms. The van der Waals surface area contributed by atoms with Gasteiger partial charge in [0.25, 0.3) is 0 Å². The van der Waals surface area contributed by atoms with Crippen molar-refractivity contribution in [1.82, 2.24) is 0 Å². The van der Waals surface area contributed by atoms with Crippen molar-refractivity contribution in [3.8, 4) is 11.1 Å². The minimum Gasteiger partial charge on any atom is -0.0588 e. The number of hydrogen-bond donors (Lipinski definition) is 0. The molecule has 3 aliphatic rings. The van der Waals surface area contributed by atoms with Gasteiger partial charge in [-0.05, 0) is 144 Å². The van der Waals surface area contributed by atoms with Crippen molar-refractivity contribution in [2.24, 2.45) is 0 Å². The number of hydrogen-bond acceptors (Lipinski definition) is 0. The fourth-order valence-corrected chi connectivity index (χ4v) is 9.56. The number of unbranched alkanes of at least 4 members (excludes halogenated alkanes) is 10. The first-order valence-electron chi connectivity index (χ1n) is 18.9. The van der Waals surface area contributed by atoms with Crippen LogP contribution in [0.15, 0.2) is 81.7 Å². The molecule has 0 unspecified atom stereocenters. The Kier molecular flexibility index (Phi) is 11.1. The third-order valence-electron chi connectivity index (χ3n) is 11.8. The lowest BCUT2D eigenvalue weighted by Crippen LogP contribution is -2.25. The SMILES string of the molecule is Brc1ccc2c(c1)C(CCCCCCCCc1ccc3c(c1)CC3)(CCCCCCCCc1ccc3c(c1)CC3)c1cc(Br)ccc1-2. The van der Waals surface area contributed by atoms with Gasteiger partial charge >= 0.3 is 0 Å². The molecule has 0 fully saturated rings. The van der Waals surface area contributed by atoms with Crippen LogP contribution in [0.5, 0.6) is 0 Å². The molecular weight excluding hydrogens is 700 g/mol. The second-order valence-electron chi connectivity index (χ2n) is 14.9. The second-order valence-corrected chi connectivity index (χ2v) is 16.7. The Labute approximate surface area is 301 Å². The summed E-state index contributed by atoms with van der Waals surface area (Å²) in [4.78, 5) is 0. The smallest absolute Gasteiger partial charge is 0.0216 e. The van der Waals surface area contributed by atoms with Crippen LogP contribution in [-0.2, 0) is 43.9 Å². The van der Waals surface area contributed by atoms with Gasteiger partial charge in [0.15, 0.2) is 0 Å². The van der Waals surface area contributed by atoms with E-state index in [9.17, 15) is 0 Å². The molecule has 0 atom stereocenters. The zero-order chi connectivity index (χ0) is 32.1. The Hall–Kier alpha value is -2.16. The summed E-state index contributed by atoms with van der Waals surface area (Å²) in [6.07, 6.45) is 26.4. The lowest BCUT2D eigenvalue weighted by Gasteiger charge is -2.33. The summed E-state index contributed by atoms with van der Waals surface area (Å²) < 4.78 is 2.43. The third kappa shape index (κ3) is 7.70. The van der Waals surface area contributed by atoms with Crippen LogP contribution in [0.1, 0.15) is 134 Å². The molecule has 0 radical (unpaired) electrons. The monoisotopic (exact) mass is 750 g/mol. The first-order valence-corrected chi connectivity index (χ1v) is 20.5. The second kappa shape index (κ2) is 15.6. The van der Waals surface area contributed by atoms with Gasteiger partial charge in [0.2, 0.25) is 0 Å². The average molecular weight is 753 g/mol. The van der Waals surface area contributed by atoms with Gasteiger partial charge in [-0.1, -0.05) is 145 Å². The Morgan fingerprint density at radius 1 is 0.404 bits per heavy atom. The molecule has 4 aromatic carbocycles. The van der Waals surface area contributed by atoms with Crippen molar-refractivity contribution in [2.45, 2.75) is 134 Å². The molecule has 0 aliphatic heterocycles. The van der Waals surface area contributed by atoms with Crippen molar-refractivity contribution >= 4 is 31.9 Å². The lowest BCUT2D eigenvalue weighted by molar-refractivity contribution is 0.397. The zero-order valence-corrected chi connectivity index (χ0v) is 31.5. The summed E-state index contributed by atoms with van der Waals surface area (Å²) in [5.74, 6) is 0. The zero-order valence-electron chi connectivity index (χ0n) is 28.3. The van der Waals surface area contributed by atoms with Crippen LogP contribution in [0.3, 0.4) is 0 Å². The summed E-state index contributed by atoms with van der Waals surface area (Å²) in [5.41, 5.74) is 15.7. The van der Waals surface area contributed by atoms with Crippen LogP contribution in [0, 0.1) is 0 Å². The number of aryl methyl sites for hydroxylation is 6. The summed E-state index contributed by atoms with van der Waals surface area (Å²) in [6.45, 7) is 0. The standard InChI is InChI=1S/C45H52Br2/c46-39-23-25-41-42-26-24-40(47)32-44(42)45(43(41)31-39,27-11-7-3-1-5-9-13-33-15-17-35-19-21-37(35)29-33)28-12-8-4-2-6-10-14-34-16-18-36-20-22-38(36)30-34/h15-18,23-26,29-32H,1-14,19-22,27-28H2. The maximum absolute atomic E-state index is 3.86. The minimum absolute atomic E-state index is 0.127. The predicted molar refractivity (Wildman–Crippen MR) is 208 cm³/mol. The molecule has 0 saturated heterocycles. The predicted octanol–water partition coefficient (Wildman–Crippen LogP) is 13.6. The maximum Gasteiger partial charge on any atom is 0.0216 e. The normalized spacial score (nSPS) is 14.9. The van der Waals surface area contributed by atoms with Crippen molar-refractivity contribution in [3.63, 3.8) is 0 Å². The molecule has 246 valence electrons. The van der Waals surface area contributed by atoms with Crippen LogP contribution in [-0.4, -0.2) is 0 Å². The first-order chi connectivity index (χ1) is 23.1. The summed E-state index contributed by atoms with van der Waals surface area (Å²) in [6, 6.07) is 28.6. The number of halogens is 2. The summed E-state index contributed by atoms with van der Waals surface area (Å²) in [5, 5.41) is 0. The molecule has 0 nitrogen and oxygen atoms in total. The molecule has 7 rings (SSSR count). The van der Waals surface area contributed by atoms with E-state index in [1.165, 1.54) is 148 Å². The van der Waals surface area contributed by atoms with E-state index in [0.29, 0.717) is 0 Å². The topological polar surface area (TPSA) is 0 Å². The molecular formula is C45H52Br2. The Balaban J connectivity index is 0.907. The van der Waals surface area contributed by atoms with Crippen LogP contribution in [0.4, 0.5) is 0 Å². The molecule has 0 bridgehead atoms. The molecule has 3 aliphatic carbocycles. The number of fused-ring (bicyclic) bond motifs is 5. The Morgan fingerprint density at radius 3 is 1.21 bits per heavy atom. The molecule has 0 spiro atoms. The Morgan fingerprint density at radius 2 is 0.809 bits per heavy atom. The molecule has 2 heteroatoms. The van der Waals surface area contributed by atoms with Crippen LogP contribution in [0.25, 0.3) is 11.1 Å². The highest BCUT2D eigenvalue weighted by atomic mass is 79.9. The van der Waals surface area contributed by atoms with Crippen LogP contribution < -0.4 is 0 Å². The summed E-state index contributed by atoms with van der Waals surface area (Å²) >= 11 is 7.71. The molecule has 0 saturated carbocycles. The average Bonchev–Trinajstić information content (AvgIpc) is 3.29. The quantitative estimate of drug-likeness (QED) is 0.0888. The van der Waals surface area contributed by atoms with E-state index < -0.39 is 0 Å². The van der Waals surface area contributed by atoms with E-state index in [4.69, 9.17) is 0 Å². The van der Waals surface area contributed by atoms with Crippen molar-refractivity contribution < 1.29 is 0 Å². The van der Waals surface area contributed by atoms with Gasteiger partial charge in [-0.15, -0.1) is 0 Å². The van der Waals surface area contributed by atoms with Gasteiger partial charge in [-0.25, -0.2) is 0 Å². The van der Waals surface area contributed by atoms with E-state index in [1.807, 2.05) is 0 Å². The van der Waals surface area contributed by atoms with Gasteiger partial charge in [0, 0.05) is 14.4 Å². The Bertz CT molecular complexity index is 1550. The van der Waals surface area contributed by atoms with Gasteiger partial charge in [-0.3, -0.25) is 0 Å². The van der Waals surface area contributed by atoms with E-state index in [1.54, 1.807) is 44.5 Å². The molecule has 0 amide bonds. The molecule has 4 aromatic rings. The van der Waals surface area contributed by atoms with E-state index in [-0.39, 0.29) is 5.41 Å². The van der Waals surface area contributed by atoms with Gasteiger partial charge in [0.1, 0.15) is 0 Å². The molecule has 0 aromatic heterocycles. The minimum atomic E-state index is 0.127. The van der Waals surface area contributed by atoms with Crippen LogP contribution >= 0.6 is 31.9 Å².